The van der Waals surface area contributed by atoms with Crippen LogP contribution in [0.25, 0.3) is 0 Å². The van der Waals surface area contributed by atoms with E-state index in [1.165, 1.54) is 6.33 Å². The van der Waals surface area contributed by atoms with Crippen molar-refractivity contribution < 1.29 is 9.47 Å². The predicted octanol–water partition coefficient (Wildman–Crippen LogP) is 2.08. The fraction of sp³-hybridized carbons (Fsp3) is 0.364. The van der Waals surface area contributed by atoms with Gasteiger partial charge in [0.2, 0.25) is 11.8 Å². The predicted molar refractivity (Wildman–Crippen MR) is 64.4 cm³/mol. The highest BCUT2D eigenvalue weighted by Crippen LogP contribution is 2.24. The zero-order chi connectivity index (χ0) is 12.1. The van der Waals surface area contributed by atoms with Gasteiger partial charge < -0.3 is 9.47 Å². The first-order chi connectivity index (χ1) is 8.35. The molecule has 5 nitrogen and oxygen atoms in total. The molecule has 2 heterocycles. The molecular formula is C11H13N3O2S. The second-order valence-corrected chi connectivity index (χ2v) is 4.21. The van der Waals surface area contributed by atoms with Crippen molar-refractivity contribution in [3.8, 4) is 11.8 Å². The third-order valence-electron chi connectivity index (χ3n) is 2.23. The molecule has 0 saturated heterocycles. The number of thiazole rings is 1. The van der Waals surface area contributed by atoms with Gasteiger partial charge in [0.25, 0.3) is 0 Å². The van der Waals surface area contributed by atoms with Gasteiger partial charge in [0.05, 0.1) is 12.7 Å². The molecule has 2 rings (SSSR count). The van der Waals surface area contributed by atoms with Crippen LogP contribution in [0.4, 0.5) is 0 Å². The van der Waals surface area contributed by atoms with E-state index in [1.807, 2.05) is 12.3 Å². The molecule has 2 aromatic rings. The van der Waals surface area contributed by atoms with Crippen LogP contribution in [0.1, 0.15) is 17.5 Å². The molecule has 90 valence electrons. The van der Waals surface area contributed by atoms with E-state index in [0.717, 1.165) is 17.0 Å². The van der Waals surface area contributed by atoms with Crippen LogP contribution in [0.5, 0.6) is 11.8 Å². The Hall–Kier alpha value is -1.69. The van der Waals surface area contributed by atoms with E-state index in [1.54, 1.807) is 24.6 Å². The summed E-state index contributed by atoms with van der Waals surface area (Å²) in [5, 5.41) is 2.84. The highest BCUT2D eigenvalue weighted by molar-refractivity contribution is 7.09. The van der Waals surface area contributed by atoms with Gasteiger partial charge in [0.1, 0.15) is 17.9 Å². The molecule has 0 spiro atoms. The third-order valence-corrected chi connectivity index (χ3v) is 2.98. The molecule has 0 radical (unpaired) electrons. The van der Waals surface area contributed by atoms with Gasteiger partial charge in [-0.2, -0.15) is 0 Å². The van der Waals surface area contributed by atoms with E-state index < -0.39 is 0 Å². The maximum atomic E-state index is 5.63. The fourth-order valence-corrected chi connectivity index (χ4v) is 1.97. The third kappa shape index (κ3) is 2.71. The average molecular weight is 251 g/mol. The quantitative estimate of drug-likeness (QED) is 0.814. The van der Waals surface area contributed by atoms with E-state index >= 15 is 0 Å². The van der Waals surface area contributed by atoms with Crippen LogP contribution in [-0.4, -0.2) is 22.1 Å². The lowest BCUT2D eigenvalue weighted by atomic mass is 10.2. The number of aromatic nitrogens is 3. The first-order valence-corrected chi connectivity index (χ1v) is 6.12. The Bertz CT molecular complexity index is 474. The number of nitrogens with zero attached hydrogens (tertiary/aromatic N) is 3. The summed E-state index contributed by atoms with van der Waals surface area (Å²) in [7, 11) is 1.59. The summed E-state index contributed by atoms with van der Waals surface area (Å²) in [6.07, 6.45) is 3.96. The van der Waals surface area contributed by atoms with E-state index in [4.69, 9.17) is 9.47 Å². The summed E-state index contributed by atoms with van der Waals surface area (Å²) in [5.74, 6) is 1.13. The van der Waals surface area contributed by atoms with Crippen LogP contribution in [-0.2, 0) is 13.0 Å². The molecular weight excluding hydrogens is 238 g/mol. The minimum Gasteiger partial charge on any atom is -0.481 e. The molecule has 0 fully saturated rings. The fourth-order valence-electron chi connectivity index (χ4n) is 1.44. The van der Waals surface area contributed by atoms with Crippen LogP contribution in [0.15, 0.2) is 17.9 Å². The van der Waals surface area contributed by atoms with Crippen molar-refractivity contribution in [2.45, 2.75) is 20.0 Å². The van der Waals surface area contributed by atoms with E-state index in [0.29, 0.717) is 18.4 Å². The second-order valence-electron chi connectivity index (χ2n) is 3.23. The zero-order valence-corrected chi connectivity index (χ0v) is 10.5. The van der Waals surface area contributed by atoms with Crippen LogP contribution in [0, 0.1) is 0 Å². The van der Waals surface area contributed by atoms with Gasteiger partial charge in [-0.3, -0.25) is 0 Å². The zero-order valence-electron chi connectivity index (χ0n) is 9.71. The Morgan fingerprint density at radius 1 is 1.24 bits per heavy atom. The van der Waals surface area contributed by atoms with Crippen molar-refractivity contribution in [3.63, 3.8) is 0 Å². The maximum absolute atomic E-state index is 5.63. The Balaban J connectivity index is 2.14. The lowest BCUT2D eigenvalue weighted by Crippen LogP contribution is -2.03. The second kappa shape index (κ2) is 5.58. The molecule has 0 aliphatic heterocycles. The van der Waals surface area contributed by atoms with Gasteiger partial charge in [-0.15, -0.1) is 11.3 Å². The average Bonchev–Trinajstić information content (AvgIpc) is 2.88. The first-order valence-electron chi connectivity index (χ1n) is 5.24. The van der Waals surface area contributed by atoms with Crippen molar-refractivity contribution in [1.29, 1.82) is 0 Å². The summed E-state index contributed by atoms with van der Waals surface area (Å²) in [4.78, 5) is 12.3. The van der Waals surface area contributed by atoms with Crippen LogP contribution in [0.2, 0.25) is 0 Å². The van der Waals surface area contributed by atoms with Gasteiger partial charge in [0, 0.05) is 11.6 Å². The number of rotatable bonds is 5. The summed E-state index contributed by atoms with van der Waals surface area (Å²) < 4.78 is 10.8. The topological polar surface area (TPSA) is 57.1 Å². The maximum Gasteiger partial charge on any atom is 0.223 e. The molecule has 0 atom stereocenters. The Morgan fingerprint density at radius 2 is 2.06 bits per heavy atom. The number of methoxy groups -OCH3 is 1. The lowest BCUT2D eigenvalue weighted by molar-refractivity contribution is 0.284. The van der Waals surface area contributed by atoms with Crippen molar-refractivity contribution >= 4 is 11.3 Å². The number of hydrogen-bond donors (Lipinski definition) is 0. The van der Waals surface area contributed by atoms with Crippen LogP contribution >= 0.6 is 11.3 Å². The largest absolute Gasteiger partial charge is 0.481 e. The molecule has 0 saturated carbocycles. The van der Waals surface area contributed by atoms with Crippen molar-refractivity contribution in [2.24, 2.45) is 0 Å². The lowest BCUT2D eigenvalue weighted by Gasteiger charge is -2.10. The van der Waals surface area contributed by atoms with Crippen LogP contribution in [0.3, 0.4) is 0 Å². The summed E-state index contributed by atoms with van der Waals surface area (Å²) in [5.41, 5.74) is 0.881. The van der Waals surface area contributed by atoms with Gasteiger partial charge in [-0.05, 0) is 6.42 Å². The van der Waals surface area contributed by atoms with Gasteiger partial charge >= 0.3 is 0 Å². The summed E-state index contributed by atoms with van der Waals surface area (Å²) in [6, 6.07) is 0. The minimum atomic E-state index is 0.421. The van der Waals surface area contributed by atoms with Gasteiger partial charge in [0.15, 0.2) is 0 Å². The normalized spacial score (nSPS) is 10.2. The molecule has 0 aliphatic rings. The standard InChI is InChI=1S/C11H13N3O2S/c1-3-8-10(15-2)13-7-14-11(8)16-6-9-12-4-5-17-9/h4-5,7H,3,6H2,1-2H3. The van der Waals surface area contributed by atoms with E-state index in [9.17, 15) is 0 Å². The van der Waals surface area contributed by atoms with Crippen molar-refractivity contribution in [1.82, 2.24) is 15.0 Å². The Morgan fingerprint density at radius 3 is 2.71 bits per heavy atom. The first kappa shape index (κ1) is 11.8. The summed E-state index contributed by atoms with van der Waals surface area (Å²) in [6.45, 7) is 2.43. The molecule has 0 N–H and O–H groups in total. The van der Waals surface area contributed by atoms with Crippen molar-refractivity contribution in [3.05, 3.63) is 28.5 Å². The monoisotopic (exact) mass is 251 g/mol. The smallest absolute Gasteiger partial charge is 0.223 e. The van der Waals surface area contributed by atoms with Gasteiger partial charge in [-0.1, -0.05) is 6.92 Å². The highest BCUT2D eigenvalue weighted by atomic mass is 32.1. The molecule has 6 heteroatoms. The molecule has 17 heavy (non-hydrogen) atoms. The molecule has 0 bridgehead atoms. The van der Waals surface area contributed by atoms with Crippen molar-refractivity contribution in [2.75, 3.05) is 7.11 Å². The van der Waals surface area contributed by atoms with E-state index in [2.05, 4.69) is 15.0 Å². The molecule has 2 aromatic heterocycles. The molecule has 0 unspecified atom stereocenters. The minimum absolute atomic E-state index is 0.421. The Kier molecular flexibility index (Phi) is 3.87. The summed E-state index contributed by atoms with van der Waals surface area (Å²) >= 11 is 1.55. The van der Waals surface area contributed by atoms with E-state index in [-0.39, 0.29) is 0 Å². The molecule has 0 aromatic carbocycles. The molecule has 0 amide bonds. The number of hydrogen-bond acceptors (Lipinski definition) is 6. The molecule has 0 aliphatic carbocycles. The SMILES string of the molecule is CCc1c(OC)ncnc1OCc1nccs1. The Labute approximate surface area is 103 Å². The highest BCUT2D eigenvalue weighted by Gasteiger charge is 2.11. The van der Waals surface area contributed by atoms with Gasteiger partial charge in [-0.25, -0.2) is 15.0 Å². The number of ether oxygens (including phenoxy) is 2. The van der Waals surface area contributed by atoms with Crippen LogP contribution < -0.4 is 9.47 Å².